The van der Waals surface area contributed by atoms with Crippen LogP contribution in [0.15, 0.2) is 30.7 Å². The van der Waals surface area contributed by atoms with Crippen LogP contribution >= 0.6 is 0 Å². The van der Waals surface area contributed by atoms with Crippen molar-refractivity contribution in [3.63, 3.8) is 0 Å². The second-order valence-electron chi connectivity index (χ2n) is 6.26. The van der Waals surface area contributed by atoms with Gasteiger partial charge in [-0.05, 0) is 31.4 Å². The highest BCUT2D eigenvalue weighted by Crippen LogP contribution is 2.26. The van der Waals surface area contributed by atoms with E-state index in [4.69, 9.17) is 4.74 Å². The molecule has 24 heavy (non-hydrogen) atoms. The molecule has 1 unspecified atom stereocenters. The number of carbonyl (C=O) groups is 1. The number of amides is 1. The van der Waals surface area contributed by atoms with Gasteiger partial charge in [0.15, 0.2) is 5.82 Å². The third kappa shape index (κ3) is 2.99. The van der Waals surface area contributed by atoms with Crippen molar-refractivity contribution in [3.05, 3.63) is 42.1 Å². The number of nitrogens with zero attached hydrogens (tertiary/aromatic N) is 3. The van der Waals surface area contributed by atoms with Gasteiger partial charge in [0, 0.05) is 31.2 Å². The first-order chi connectivity index (χ1) is 11.8. The number of H-pyrrole nitrogens is 1. The van der Waals surface area contributed by atoms with Crippen LogP contribution in [0, 0.1) is 0 Å². The first-order valence-electron chi connectivity index (χ1n) is 8.42. The molecule has 2 aromatic rings. The predicted molar refractivity (Wildman–Crippen MR) is 88.7 cm³/mol. The third-order valence-corrected chi connectivity index (χ3v) is 4.66. The van der Waals surface area contributed by atoms with E-state index in [0.717, 1.165) is 5.82 Å². The van der Waals surface area contributed by atoms with Crippen molar-refractivity contribution in [2.75, 3.05) is 25.1 Å². The third-order valence-electron chi connectivity index (χ3n) is 4.66. The number of morpholine rings is 1. The molecule has 2 N–H and O–H groups in total. The molecule has 1 saturated heterocycles. The quantitative estimate of drug-likeness (QED) is 0.897. The van der Waals surface area contributed by atoms with Gasteiger partial charge in [0.25, 0.3) is 5.91 Å². The Bertz CT molecular complexity index is 699. The molecule has 2 aromatic heterocycles. The second kappa shape index (κ2) is 6.60. The fourth-order valence-electron chi connectivity index (χ4n) is 3.06. The Morgan fingerprint density at radius 2 is 2.29 bits per heavy atom. The molecule has 7 heteroatoms. The van der Waals surface area contributed by atoms with Gasteiger partial charge in [0.05, 0.1) is 18.8 Å². The van der Waals surface area contributed by atoms with E-state index in [2.05, 4.69) is 20.3 Å². The Balaban J connectivity index is 1.56. The zero-order chi connectivity index (χ0) is 16.4. The van der Waals surface area contributed by atoms with E-state index < -0.39 is 0 Å². The highest BCUT2D eigenvalue weighted by Gasteiger charge is 2.31. The number of hydrogen-bond donors (Lipinski definition) is 2. The molecule has 0 radical (unpaired) electrons. The van der Waals surface area contributed by atoms with Crippen molar-refractivity contribution in [1.82, 2.24) is 19.9 Å². The first kappa shape index (κ1) is 15.1. The summed E-state index contributed by atoms with van der Waals surface area (Å²) >= 11 is 0. The first-order valence-corrected chi connectivity index (χ1v) is 8.42. The molecule has 3 heterocycles. The van der Waals surface area contributed by atoms with Gasteiger partial charge in [-0.3, -0.25) is 4.79 Å². The van der Waals surface area contributed by atoms with Gasteiger partial charge in [-0.2, -0.15) is 0 Å². The Labute approximate surface area is 140 Å². The summed E-state index contributed by atoms with van der Waals surface area (Å²) in [6.45, 7) is 1.49. The summed E-state index contributed by atoms with van der Waals surface area (Å²) in [4.78, 5) is 26.5. The van der Waals surface area contributed by atoms with Crippen LogP contribution in [0.2, 0.25) is 0 Å². The number of hydrogen-bond acceptors (Lipinski definition) is 5. The molecule has 1 saturated carbocycles. The van der Waals surface area contributed by atoms with E-state index in [0.29, 0.717) is 37.2 Å². The summed E-state index contributed by atoms with van der Waals surface area (Å²) < 4.78 is 5.59. The average Bonchev–Trinajstić information content (AvgIpc) is 3.12. The number of ether oxygens (including phenoxy) is 1. The molecule has 7 nitrogen and oxygen atoms in total. The smallest absolute Gasteiger partial charge is 0.256 e. The van der Waals surface area contributed by atoms with E-state index in [1.54, 1.807) is 29.6 Å². The molecule has 0 aromatic carbocycles. The molecule has 0 spiro atoms. The van der Waals surface area contributed by atoms with Crippen LogP contribution in [0.1, 0.15) is 41.5 Å². The Hall–Kier alpha value is -2.41. The number of carbonyl (C=O) groups excluding carboxylic acids is 1. The van der Waals surface area contributed by atoms with Crippen molar-refractivity contribution in [1.29, 1.82) is 0 Å². The summed E-state index contributed by atoms with van der Waals surface area (Å²) in [6, 6.07) is 3.91. The highest BCUT2D eigenvalue weighted by molar-refractivity contribution is 5.94. The maximum Gasteiger partial charge on any atom is 0.256 e. The molecule has 4 rings (SSSR count). The maximum atomic E-state index is 12.7. The molecule has 2 fully saturated rings. The zero-order valence-corrected chi connectivity index (χ0v) is 13.4. The molecule has 1 amide bonds. The Kier molecular flexibility index (Phi) is 4.17. The van der Waals surface area contributed by atoms with Crippen LogP contribution in [0.3, 0.4) is 0 Å². The Morgan fingerprint density at radius 3 is 3.04 bits per heavy atom. The van der Waals surface area contributed by atoms with Crippen LogP contribution in [0.4, 0.5) is 5.82 Å². The molecule has 2 aliphatic rings. The second-order valence-corrected chi connectivity index (χ2v) is 6.26. The maximum absolute atomic E-state index is 12.7. The van der Waals surface area contributed by atoms with Gasteiger partial charge in [-0.15, -0.1) is 0 Å². The molecule has 126 valence electrons. The topological polar surface area (TPSA) is 83.1 Å². The number of rotatable bonds is 4. The van der Waals surface area contributed by atoms with Gasteiger partial charge in [-0.25, -0.2) is 9.97 Å². The normalized spacial score (nSPS) is 21.3. The van der Waals surface area contributed by atoms with Crippen molar-refractivity contribution >= 4 is 11.7 Å². The highest BCUT2D eigenvalue weighted by atomic mass is 16.5. The summed E-state index contributed by atoms with van der Waals surface area (Å²) in [5, 5.41) is 3.43. The lowest BCUT2D eigenvalue weighted by molar-refractivity contribution is -0.00518. The fraction of sp³-hybridized carbons (Fsp3) is 0.471. The minimum atomic E-state index is -0.260. The largest absolute Gasteiger partial charge is 0.377 e. The van der Waals surface area contributed by atoms with Gasteiger partial charge < -0.3 is 19.9 Å². The van der Waals surface area contributed by atoms with Gasteiger partial charge >= 0.3 is 0 Å². The van der Waals surface area contributed by atoms with Crippen molar-refractivity contribution < 1.29 is 9.53 Å². The minimum Gasteiger partial charge on any atom is -0.377 e. The molecule has 1 atom stereocenters. The van der Waals surface area contributed by atoms with Crippen molar-refractivity contribution in [2.45, 2.75) is 31.3 Å². The van der Waals surface area contributed by atoms with E-state index >= 15 is 0 Å². The number of aromatic nitrogens is 3. The van der Waals surface area contributed by atoms with E-state index in [1.807, 2.05) is 6.07 Å². The number of nitrogens with one attached hydrogen (secondary N) is 2. The van der Waals surface area contributed by atoms with Crippen LogP contribution in [0.5, 0.6) is 0 Å². The molecule has 1 aliphatic carbocycles. The molecule has 0 bridgehead atoms. The lowest BCUT2D eigenvalue weighted by Crippen LogP contribution is -2.44. The molecule has 1 aliphatic heterocycles. The summed E-state index contributed by atoms with van der Waals surface area (Å²) in [6.07, 6.45) is 8.85. The summed E-state index contributed by atoms with van der Waals surface area (Å²) in [5.74, 6) is 1.43. The fourth-order valence-corrected chi connectivity index (χ4v) is 3.06. The molecular weight excluding hydrogens is 306 g/mol. The number of anilines is 1. The van der Waals surface area contributed by atoms with Crippen molar-refractivity contribution in [3.8, 4) is 0 Å². The minimum absolute atomic E-state index is 0.0227. The van der Waals surface area contributed by atoms with E-state index in [-0.39, 0.29) is 11.9 Å². The van der Waals surface area contributed by atoms with Gasteiger partial charge in [-0.1, -0.05) is 0 Å². The zero-order valence-electron chi connectivity index (χ0n) is 13.4. The van der Waals surface area contributed by atoms with Crippen molar-refractivity contribution in [2.24, 2.45) is 0 Å². The predicted octanol–water partition coefficient (Wildman–Crippen LogP) is 1.98. The standard InChI is InChI=1S/C17H21N5O2/c23-17(12-4-6-18-10-12)22-8-9-24-11-14(22)16-19-7-5-15(21-16)20-13-2-1-3-13/h4-7,10,13-14,18H,1-3,8-9,11H2,(H,19,20,21). The monoisotopic (exact) mass is 327 g/mol. The van der Waals surface area contributed by atoms with Gasteiger partial charge in [0.1, 0.15) is 11.9 Å². The Morgan fingerprint density at radius 1 is 1.38 bits per heavy atom. The number of aromatic amines is 1. The lowest BCUT2D eigenvalue weighted by Gasteiger charge is -2.34. The summed E-state index contributed by atoms with van der Waals surface area (Å²) in [7, 11) is 0. The van der Waals surface area contributed by atoms with E-state index in [1.165, 1.54) is 19.3 Å². The van der Waals surface area contributed by atoms with Crippen LogP contribution in [-0.2, 0) is 4.74 Å². The van der Waals surface area contributed by atoms with Crippen LogP contribution < -0.4 is 5.32 Å². The SMILES string of the molecule is O=C(c1cc[nH]c1)N1CCOCC1c1nccc(NC2CCC2)n1. The van der Waals surface area contributed by atoms with Crippen LogP contribution in [-0.4, -0.2) is 51.6 Å². The lowest BCUT2D eigenvalue weighted by atomic mass is 9.93. The van der Waals surface area contributed by atoms with Crippen LogP contribution in [0.25, 0.3) is 0 Å². The van der Waals surface area contributed by atoms with E-state index in [9.17, 15) is 4.79 Å². The summed E-state index contributed by atoms with van der Waals surface area (Å²) in [5.41, 5.74) is 0.644. The molecular formula is C17H21N5O2. The van der Waals surface area contributed by atoms with Gasteiger partial charge in [0.2, 0.25) is 0 Å². The average molecular weight is 327 g/mol.